The molecule has 2 aromatic rings. The van der Waals surface area contributed by atoms with E-state index in [1.807, 2.05) is 0 Å². The van der Waals surface area contributed by atoms with Crippen molar-refractivity contribution in [1.29, 1.82) is 0 Å². The molecule has 0 aliphatic carbocycles. The van der Waals surface area contributed by atoms with Gasteiger partial charge in [-0.15, -0.1) is 11.3 Å². The number of thiazole rings is 1. The standard InChI is InChI=1S/C12H12N4O3S/c1-6-10(12(18)19)20-9(16-6)5-15-11(17)8-3-2-7(13)4-14-8/h2-4H,5,13H2,1H3,(H,15,17)(H,18,19). The average molecular weight is 292 g/mol. The molecule has 8 heteroatoms. The van der Waals surface area contributed by atoms with Crippen LogP contribution < -0.4 is 11.1 Å². The Morgan fingerprint density at radius 2 is 2.20 bits per heavy atom. The van der Waals surface area contributed by atoms with E-state index in [0.29, 0.717) is 16.4 Å². The molecule has 0 radical (unpaired) electrons. The number of carboxylic acid groups (broad SMARTS) is 1. The van der Waals surface area contributed by atoms with Crippen LogP contribution in [-0.4, -0.2) is 27.0 Å². The van der Waals surface area contributed by atoms with Crippen molar-refractivity contribution in [3.05, 3.63) is 39.6 Å². The van der Waals surface area contributed by atoms with Crippen molar-refractivity contribution in [2.45, 2.75) is 13.5 Å². The van der Waals surface area contributed by atoms with E-state index in [1.165, 1.54) is 12.3 Å². The number of amides is 1. The van der Waals surface area contributed by atoms with Gasteiger partial charge in [0.1, 0.15) is 15.6 Å². The van der Waals surface area contributed by atoms with Crippen LogP contribution in [0.1, 0.15) is 30.9 Å². The second kappa shape index (κ2) is 5.66. The summed E-state index contributed by atoms with van der Waals surface area (Å²) in [5.41, 5.74) is 6.64. The van der Waals surface area contributed by atoms with Crippen LogP contribution in [-0.2, 0) is 6.54 Å². The third kappa shape index (κ3) is 3.09. The zero-order valence-corrected chi connectivity index (χ0v) is 11.4. The first kappa shape index (κ1) is 13.9. The summed E-state index contributed by atoms with van der Waals surface area (Å²) in [4.78, 5) is 30.9. The van der Waals surface area contributed by atoms with Gasteiger partial charge in [0, 0.05) is 0 Å². The average Bonchev–Trinajstić information content (AvgIpc) is 2.78. The first-order valence-electron chi connectivity index (χ1n) is 5.66. The van der Waals surface area contributed by atoms with Crippen molar-refractivity contribution < 1.29 is 14.7 Å². The number of carboxylic acids is 1. The van der Waals surface area contributed by atoms with Gasteiger partial charge in [0.15, 0.2) is 0 Å². The van der Waals surface area contributed by atoms with Crippen molar-refractivity contribution in [2.75, 3.05) is 5.73 Å². The summed E-state index contributed by atoms with van der Waals surface area (Å²) in [5, 5.41) is 12.1. The Morgan fingerprint density at radius 1 is 1.45 bits per heavy atom. The topological polar surface area (TPSA) is 118 Å². The minimum atomic E-state index is -1.02. The van der Waals surface area contributed by atoms with E-state index < -0.39 is 5.97 Å². The van der Waals surface area contributed by atoms with Gasteiger partial charge in [-0.1, -0.05) is 0 Å². The molecule has 0 saturated heterocycles. The van der Waals surface area contributed by atoms with Crippen LogP contribution in [0.25, 0.3) is 0 Å². The zero-order chi connectivity index (χ0) is 14.7. The van der Waals surface area contributed by atoms with Gasteiger partial charge in [-0.05, 0) is 19.1 Å². The molecule has 0 spiro atoms. The number of nitrogens with zero attached hydrogens (tertiary/aromatic N) is 2. The fraction of sp³-hybridized carbons (Fsp3) is 0.167. The Balaban J connectivity index is 2.01. The number of aromatic carboxylic acids is 1. The molecule has 4 N–H and O–H groups in total. The van der Waals surface area contributed by atoms with Gasteiger partial charge in [0.05, 0.1) is 24.1 Å². The number of nitrogens with two attached hydrogens (primary N) is 1. The lowest BCUT2D eigenvalue weighted by Gasteiger charge is -2.02. The number of anilines is 1. The van der Waals surface area contributed by atoms with E-state index in [0.717, 1.165) is 11.3 Å². The maximum Gasteiger partial charge on any atom is 0.347 e. The SMILES string of the molecule is Cc1nc(CNC(=O)c2ccc(N)cn2)sc1C(=O)O. The van der Waals surface area contributed by atoms with Crippen molar-refractivity contribution in [1.82, 2.24) is 15.3 Å². The smallest absolute Gasteiger partial charge is 0.347 e. The molecule has 20 heavy (non-hydrogen) atoms. The monoisotopic (exact) mass is 292 g/mol. The normalized spacial score (nSPS) is 10.2. The summed E-state index contributed by atoms with van der Waals surface area (Å²) in [6.45, 7) is 1.77. The quantitative estimate of drug-likeness (QED) is 0.775. The van der Waals surface area contributed by atoms with E-state index in [9.17, 15) is 9.59 Å². The van der Waals surface area contributed by atoms with Gasteiger partial charge in [0.2, 0.25) is 0 Å². The Bertz CT molecular complexity index is 651. The molecular weight excluding hydrogens is 280 g/mol. The summed E-state index contributed by atoms with van der Waals surface area (Å²) in [6, 6.07) is 3.10. The fourth-order valence-corrected chi connectivity index (χ4v) is 2.36. The summed E-state index contributed by atoms with van der Waals surface area (Å²) < 4.78 is 0. The lowest BCUT2D eigenvalue weighted by Crippen LogP contribution is -2.23. The number of aromatic nitrogens is 2. The number of rotatable bonds is 4. The van der Waals surface area contributed by atoms with E-state index >= 15 is 0 Å². The second-order valence-electron chi connectivity index (χ2n) is 3.99. The minimum absolute atomic E-state index is 0.156. The number of hydrogen-bond acceptors (Lipinski definition) is 6. The van der Waals surface area contributed by atoms with Crippen LogP contribution in [0.5, 0.6) is 0 Å². The fourth-order valence-electron chi connectivity index (χ4n) is 1.51. The first-order valence-corrected chi connectivity index (χ1v) is 6.48. The summed E-state index contributed by atoms with van der Waals surface area (Å²) >= 11 is 1.04. The van der Waals surface area contributed by atoms with E-state index in [2.05, 4.69) is 15.3 Å². The highest BCUT2D eigenvalue weighted by molar-refractivity contribution is 7.13. The van der Waals surface area contributed by atoms with Gasteiger partial charge in [-0.25, -0.2) is 14.8 Å². The molecule has 2 heterocycles. The highest BCUT2D eigenvalue weighted by Crippen LogP contribution is 2.17. The molecular formula is C12H12N4O3S. The number of nitrogens with one attached hydrogen (secondary N) is 1. The van der Waals surface area contributed by atoms with Gasteiger partial charge < -0.3 is 16.2 Å². The van der Waals surface area contributed by atoms with Crippen LogP contribution >= 0.6 is 11.3 Å². The highest BCUT2D eigenvalue weighted by Gasteiger charge is 2.14. The third-order valence-corrected chi connectivity index (χ3v) is 3.60. The predicted octanol–water partition coefficient (Wildman–Crippen LogP) is 1.06. The van der Waals surface area contributed by atoms with Crippen molar-refractivity contribution in [3.63, 3.8) is 0 Å². The molecule has 104 valence electrons. The lowest BCUT2D eigenvalue weighted by atomic mass is 10.3. The molecule has 0 aliphatic rings. The predicted molar refractivity (Wildman–Crippen MR) is 73.6 cm³/mol. The first-order chi connectivity index (χ1) is 9.47. The molecule has 0 saturated carbocycles. The van der Waals surface area contributed by atoms with Gasteiger partial charge in [0.25, 0.3) is 5.91 Å². The number of nitrogen functional groups attached to an aromatic ring is 1. The molecule has 2 rings (SSSR count). The van der Waals surface area contributed by atoms with E-state index in [1.54, 1.807) is 13.0 Å². The Kier molecular flexibility index (Phi) is 3.94. The number of aryl methyl sites for hydroxylation is 1. The molecule has 0 aromatic carbocycles. The highest BCUT2D eigenvalue weighted by atomic mass is 32.1. The second-order valence-corrected chi connectivity index (χ2v) is 5.07. The number of hydrogen-bond donors (Lipinski definition) is 3. The van der Waals surface area contributed by atoms with Gasteiger partial charge >= 0.3 is 5.97 Å². The van der Waals surface area contributed by atoms with Crippen molar-refractivity contribution in [2.24, 2.45) is 0 Å². The summed E-state index contributed by atoms with van der Waals surface area (Å²) in [6.07, 6.45) is 1.39. The van der Waals surface area contributed by atoms with E-state index in [4.69, 9.17) is 10.8 Å². The van der Waals surface area contributed by atoms with Crippen molar-refractivity contribution >= 4 is 28.9 Å². The van der Waals surface area contributed by atoms with Gasteiger partial charge in [-0.3, -0.25) is 4.79 Å². The number of pyridine rings is 1. The van der Waals surface area contributed by atoms with E-state index in [-0.39, 0.29) is 23.0 Å². The van der Waals surface area contributed by atoms with Crippen LogP contribution in [0.2, 0.25) is 0 Å². The largest absolute Gasteiger partial charge is 0.477 e. The molecule has 0 unspecified atom stereocenters. The van der Waals surface area contributed by atoms with Crippen molar-refractivity contribution in [3.8, 4) is 0 Å². The number of carbonyl (C=O) groups excluding carboxylic acids is 1. The summed E-state index contributed by atoms with van der Waals surface area (Å²) in [7, 11) is 0. The Labute approximate surface area is 118 Å². The Morgan fingerprint density at radius 3 is 2.75 bits per heavy atom. The third-order valence-electron chi connectivity index (χ3n) is 2.45. The molecule has 7 nitrogen and oxygen atoms in total. The maximum atomic E-state index is 11.8. The molecule has 0 bridgehead atoms. The van der Waals surface area contributed by atoms with Crippen LogP contribution in [0.4, 0.5) is 5.69 Å². The molecule has 0 atom stereocenters. The number of carbonyl (C=O) groups is 2. The minimum Gasteiger partial charge on any atom is -0.477 e. The van der Waals surface area contributed by atoms with Crippen LogP contribution in [0.3, 0.4) is 0 Å². The Hall–Kier alpha value is -2.48. The van der Waals surface area contributed by atoms with Gasteiger partial charge in [-0.2, -0.15) is 0 Å². The van der Waals surface area contributed by atoms with Crippen LogP contribution in [0, 0.1) is 6.92 Å². The maximum absolute atomic E-state index is 11.8. The van der Waals surface area contributed by atoms with Crippen LogP contribution in [0.15, 0.2) is 18.3 Å². The molecule has 0 aliphatic heterocycles. The molecule has 0 fully saturated rings. The molecule has 1 amide bonds. The summed E-state index contributed by atoms with van der Waals surface area (Å²) in [5.74, 6) is -1.38. The zero-order valence-electron chi connectivity index (χ0n) is 10.6. The molecule has 2 aromatic heterocycles. The lowest BCUT2D eigenvalue weighted by molar-refractivity contribution is 0.0701.